The zero-order valence-electron chi connectivity index (χ0n) is 15.5. The number of carbonyl (C=O) groups is 1. The molecule has 1 aromatic carbocycles. The molecule has 0 N–H and O–H groups in total. The number of piperidine rings is 1. The Balaban J connectivity index is 1.43. The molecule has 0 spiro atoms. The Morgan fingerprint density at radius 1 is 1.12 bits per heavy atom. The van der Waals surface area contributed by atoms with Gasteiger partial charge in [0.2, 0.25) is 10.0 Å². The monoisotopic (exact) mass is 376 g/mol. The summed E-state index contributed by atoms with van der Waals surface area (Å²) in [5.41, 5.74) is 2.41. The standard InChI is InChI=1S/C20H28N2O3S/c1-26(24,25)22-11-9-16-12-17(6-7-19(16)22)20(23)14-21-10-8-15-4-2-3-5-18(15)13-21/h6-7,12,15,18H,2-5,8-11,13-14H2,1H3/t15-,18-/m1/s1. The molecule has 2 fully saturated rings. The van der Waals surface area contributed by atoms with Crippen molar-refractivity contribution in [3.05, 3.63) is 29.3 Å². The summed E-state index contributed by atoms with van der Waals surface area (Å²) < 4.78 is 25.1. The van der Waals surface area contributed by atoms with Crippen molar-refractivity contribution in [3.63, 3.8) is 0 Å². The second kappa shape index (κ2) is 6.97. The lowest BCUT2D eigenvalue weighted by molar-refractivity contribution is 0.0713. The first-order chi connectivity index (χ1) is 12.4. The summed E-state index contributed by atoms with van der Waals surface area (Å²) in [6.07, 6.45) is 8.53. The van der Waals surface area contributed by atoms with E-state index in [2.05, 4.69) is 4.90 Å². The Morgan fingerprint density at radius 2 is 1.88 bits per heavy atom. The van der Waals surface area contributed by atoms with Crippen molar-refractivity contribution in [1.82, 2.24) is 4.90 Å². The molecular weight excluding hydrogens is 348 g/mol. The molecule has 1 saturated carbocycles. The van der Waals surface area contributed by atoms with E-state index in [1.807, 2.05) is 6.07 Å². The number of rotatable bonds is 4. The third-order valence-corrected chi connectivity index (χ3v) is 7.58. The highest BCUT2D eigenvalue weighted by Gasteiger charge is 2.32. The highest BCUT2D eigenvalue weighted by molar-refractivity contribution is 7.92. The van der Waals surface area contributed by atoms with Gasteiger partial charge < -0.3 is 0 Å². The van der Waals surface area contributed by atoms with Crippen molar-refractivity contribution < 1.29 is 13.2 Å². The van der Waals surface area contributed by atoms with Crippen LogP contribution in [-0.4, -0.2) is 51.5 Å². The van der Waals surface area contributed by atoms with E-state index in [0.29, 0.717) is 25.1 Å². The molecule has 2 aliphatic heterocycles. The predicted molar refractivity (Wildman–Crippen MR) is 103 cm³/mol. The molecule has 0 bridgehead atoms. The zero-order valence-corrected chi connectivity index (χ0v) is 16.3. The zero-order chi connectivity index (χ0) is 18.3. The van der Waals surface area contributed by atoms with Gasteiger partial charge in [-0.3, -0.25) is 14.0 Å². The van der Waals surface area contributed by atoms with Crippen LogP contribution in [0.15, 0.2) is 18.2 Å². The number of hydrogen-bond acceptors (Lipinski definition) is 4. The smallest absolute Gasteiger partial charge is 0.232 e. The SMILES string of the molecule is CS(=O)(=O)N1CCc2cc(C(=O)CN3CC[C@H]4CCCC[C@@H]4C3)ccc21. The molecule has 3 aliphatic rings. The summed E-state index contributed by atoms with van der Waals surface area (Å²) in [5, 5.41) is 0. The Hall–Kier alpha value is -1.40. The summed E-state index contributed by atoms with van der Waals surface area (Å²) >= 11 is 0. The molecule has 0 radical (unpaired) electrons. The fourth-order valence-corrected chi connectivity index (χ4v) is 5.96. The van der Waals surface area contributed by atoms with E-state index < -0.39 is 10.0 Å². The molecule has 0 amide bonds. The van der Waals surface area contributed by atoms with Gasteiger partial charge in [-0.15, -0.1) is 0 Å². The fraction of sp³-hybridized carbons (Fsp3) is 0.650. The fourth-order valence-electron chi connectivity index (χ4n) is 5.00. The molecule has 2 heterocycles. The number of hydrogen-bond donors (Lipinski definition) is 0. The second-order valence-corrected chi connectivity index (χ2v) is 10.1. The number of ketones is 1. The molecule has 1 aromatic rings. The molecular formula is C20H28N2O3S. The lowest BCUT2D eigenvalue weighted by Crippen LogP contribution is -2.43. The van der Waals surface area contributed by atoms with Crippen LogP contribution in [0.25, 0.3) is 0 Å². The maximum Gasteiger partial charge on any atom is 0.232 e. The van der Waals surface area contributed by atoms with E-state index in [9.17, 15) is 13.2 Å². The van der Waals surface area contributed by atoms with Crippen LogP contribution in [-0.2, 0) is 16.4 Å². The number of Topliss-reactive ketones (excluding diaryl/α,β-unsaturated/α-hetero) is 1. The van der Waals surface area contributed by atoms with Crippen molar-refractivity contribution in [2.24, 2.45) is 11.8 Å². The van der Waals surface area contributed by atoms with Crippen LogP contribution >= 0.6 is 0 Å². The minimum absolute atomic E-state index is 0.153. The largest absolute Gasteiger partial charge is 0.296 e. The number of nitrogens with zero attached hydrogens (tertiary/aromatic N) is 2. The molecule has 1 saturated heterocycles. The molecule has 5 nitrogen and oxygen atoms in total. The van der Waals surface area contributed by atoms with Gasteiger partial charge in [0.05, 0.1) is 18.5 Å². The van der Waals surface area contributed by atoms with Crippen molar-refractivity contribution in [1.29, 1.82) is 0 Å². The van der Waals surface area contributed by atoms with Gasteiger partial charge >= 0.3 is 0 Å². The molecule has 0 aromatic heterocycles. The van der Waals surface area contributed by atoms with Crippen LogP contribution in [0.2, 0.25) is 0 Å². The van der Waals surface area contributed by atoms with Crippen LogP contribution in [0.1, 0.15) is 48.0 Å². The summed E-state index contributed by atoms with van der Waals surface area (Å²) in [7, 11) is -3.24. The van der Waals surface area contributed by atoms with Gasteiger partial charge in [0, 0.05) is 18.7 Å². The predicted octanol–water partition coefficient (Wildman–Crippen LogP) is 2.70. The highest BCUT2D eigenvalue weighted by atomic mass is 32.2. The summed E-state index contributed by atoms with van der Waals surface area (Å²) in [6, 6.07) is 5.48. The van der Waals surface area contributed by atoms with Gasteiger partial charge in [-0.05, 0) is 61.4 Å². The average molecular weight is 377 g/mol. The van der Waals surface area contributed by atoms with E-state index >= 15 is 0 Å². The van der Waals surface area contributed by atoms with E-state index in [-0.39, 0.29) is 5.78 Å². The molecule has 4 rings (SSSR count). The normalized spacial score (nSPS) is 26.4. The van der Waals surface area contributed by atoms with Crippen molar-refractivity contribution in [2.45, 2.75) is 38.5 Å². The van der Waals surface area contributed by atoms with E-state index in [4.69, 9.17) is 0 Å². The Labute approximate surface area is 156 Å². The minimum atomic E-state index is -3.24. The number of sulfonamides is 1. The van der Waals surface area contributed by atoms with Crippen molar-refractivity contribution >= 4 is 21.5 Å². The Morgan fingerprint density at radius 3 is 2.65 bits per heavy atom. The number of anilines is 1. The summed E-state index contributed by atoms with van der Waals surface area (Å²) in [4.78, 5) is 15.1. The van der Waals surface area contributed by atoms with Gasteiger partial charge in [0.15, 0.2) is 5.78 Å². The van der Waals surface area contributed by atoms with Gasteiger partial charge in [-0.1, -0.05) is 19.3 Å². The lowest BCUT2D eigenvalue weighted by atomic mass is 9.75. The topological polar surface area (TPSA) is 57.7 Å². The number of likely N-dealkylation sites (tertiary alicyclic amines) is 1. The quantitative estimate of drug-likeness (QED) is 0.758. The van der Waals surface area contributed by atoms with Gasteiger partial charge in [0.25, 0.3) is 0 Å². The molecule has 1 aliphatic carbocycles. The average Bonchev–Trinajstić information content (AvgIpc) is 3.05. The van der Waals surface area contributed by atoms with Gasteiger partial charge in [0.1, 0.15) is 0 Å². The third kappa shape index (κ3) is 3.54. The van der Waals surface area contributed by atoms with Crippen LogP contribution in [0, 0.1) is 11.8 Å². The molecule has 0 unspecified atom stereocenters. The molecule has 6 heteroatoms. The van der Waals surface area contributed by atoms with E-state index in [0.717, 1.165) is 36.2 Å². The second-order valence-electron chi connectivity index (χ2n) is 8.18. The van der Waals surface area contributed by atoms with Crippen LogP contribution in [0.5, 0.6) is 0 Å². The van der Waals surface area contributed by atoms with Crippen LogP contribution < -0.4 is 4.31 Å². The van der Waals surface area contributed by atoms with Crippen LogP contribution in [0.4, 0.5) is 5.69 Å². The first-order valence-corrected chi connectivity index (χ1v) is 11.6. The van der Waals surface area contributed by atoms with Crippen molar-refractivity contribution in [2.75, 3.05) is 36.7 Å². The summed E-state index contributed by atoms with van der Waals surface area (Å²) in [5.74, 6) is 1.80. The third-order valence-electron chi connectivity index (χ3n) is 6.40. The lowest BCUT2D eigenvalue weighted by Gasteiger charge is -2.41. The van der Waals surface area contributed by atoms with Crippen LogP contribution in [0.3, 0.4) is 0 Å². The first kappa shape index (κ1) is 18.0. The van der Waals surface area contributed by atoms with E-state index in [1.54, 1.807) is 12.1 Å². The number of carbonyl (C=O) groups excluding carboxylic acids is 1. The molecule has 26 heavy (non-hydrogen) atoms. The molecule has 2 atom stereocenters. The van der Waals surface area contributed by atoms with Crippen molar-refractivity contribution in [3.8, 4) is 0 Å². The number of benzene rings is 1. The van der Waals surface area contributed by atoms with E-state index in [1.165, 1.54) is 42.7 Å². The number of fused-ring (bicyclic) bond motifs is 2. The van der Waals surface area contributed by atoms with Gasteiger partial charge in [-0.25, -0.2) is 8.42 Å². The molecule has 142 valence electrons. The van der Waals surface area contributed by atoms with Gasteiger partial charge in [-0.2, -0.15) is 0 Å². The highest BCUT2D eigenvalue weighted by Crippen LogP contribution is 2.36. The minimum Gasteiger partial charge on any atom is -0.296 e. The maximum atomic E-state index is 12.8. The maximum absolute atomic E-state index is 12.8. The first-order valence-electron chi connectivity index (χ1n) is 9.78. The summed E-state index contributed by atoms with van der Waals surface area (Å²) in [6.45, 7) is 3.04. The Bertz CT molecular complexity index is 805. The Kier molecular flexibility index (Phi) is 4.82.